The smallest absolute Gasteiger partial charge is 0.308 e. The van der Waals surface area contributed by atoms with Crippen molar-refractivity contribution in [3.63, 3.8) is 0 Å². The molecule has 0 saturated carbocycles. The van der Waals surface area contributed by atoms with Crippen molar-refractivity contribution in [2.24, 2.45) is 4.99 Å². The molecule has 3 heterocycles. The number of esters is 1. The molecule has 1 aromatic carbocycles. The van der Waals surface area contributed by atoms with Crippen molar-refractivity contribution < 1.29 is 9.53 Å². The van der Waals surface area contributed by atoms with Gasteiger partial charge in [-0.25, -0.2) is 0 Å². The first-order chi connectivity index (χ1) is 14.2. The van der Waals surface area contributed by atoms with E-state index in [4.69, 9.17) is 21.3 Å². The number of fused-ring (bicyclic) bond motifs is 3. The number of ether oxygens (including phenoxy) is 1. The highest BCUT2D eigenvalue weighted by molar-refractivity contribution is 7.15. The van der Waals surface area contributed by atoms with Crippen molar-refractivity contribution in [1.29, 1.82) is 0 Å². The summed E-state index contributed by atoms with van der Waals surface area (Å²) in [4.78, 5) is 17.9. The first-order valence-electron chi connectivity index (χ1n) is 9.66. The molecule has 0 aliphatic carbocycles. The monoisotopic (exact) mass is 442 g/mol. The Kier molecular flexibility index (Phi) is 5.28. The van der Waals surface area contributed by atoms with Crippen LogP contribution in [0.15, 0.2) is 29.3 Å². The van der Waals surface area contributed by atoms with E-state index in [2.05, 4.69) is 31.0 Å². The van der Waals surface area contributed by atoms with Crippen molar-refractivity contribution >= 4 is 35.1 Å². The number of halogens is 1. The molecule has 156 valence electrons. The van der Waals surface area contributed by atoms with Crippen molar-refractivity contribution in [3.8, 4) is 16.1 Å². The van der Waals surface area contributed by atoms with Gasteiger partial charge in [-0.1, -0.05) is 44.5 Å². The number of hydrogen-bond donors (Lipinski definition) is 0. The van der Waals surface area contributed by atoms with Gasteiger partial charge in [0.15, 0.2) is 5.82 Å². The van der Waals surface area contributed by atoms with Crippen molar-refractivity contribution in [2.75, 3.05) is 7.11 Å². The van der Waals surface area contributed by atoms with E-state index in [1.165, 1.54) is 12.0 Å². The van der Waals surface area contributed by atoms with Gasteiger partial charge in [0.2, 0.25) is 0 Å². The Balaban J connectivity index is 1.99. The topological polar surface area (TPSA) is 69.4 Å². The molecule has 1 aliphatic heterocycles. The van der Waals surface area contributed by atoms with E-state index in [0.29, 0.717) is 10.8 Å². The number of rotatable bonds is 3. The van der Waals surface area contributed by atoms with Crippen LogP contribution in [0.5, 0.6) is 0 Å². The van der Waals surface area contributed by atoms with Crippen LogP contribution in [0.1, 0.15) is 55.3 Å². The highest BCUT2D eigenvalue weighted by atomic mass is 35.5. The van der Waals surface area contributed by atoms with Crippen LogP contribution in [0, 0.1) is 6.92 Å². The lowest BCUT2D eigenvalue weighted by Gasteiger charge is -2.19. The summed E-state index contributed by atoms with van der Waals surface area (Å²) in [6, 6.07) is 7.41. The molecule has 3 aromatic rings. The molecular weight excluding hydrogens is 420 g/mol. The highest BCUT2D eigenvalue weighted by Gasteiger charge is 2.33. The number of aromatic nitrogens is 3. The van der Waals surface area contributed by atoms with Gasteiger partial charge < -0.3 is 4.74 Å². The number of carbonyl (C=O) groups excluding carboxylic acids is 1. The van der Waals surface area contributed by atoms with E-state index < -0.39 is 6.04 Å². The fourth-order valence-corrected chi connectivity index (χ4v) is 5.15. The third-order valence-electron chi connectivity index (χ3n) is 5.06. The van der Waals surface area contributed by atoms with Crippen molar-refractivity contribution in [2.45, 2.75) is 45.6 Å². The number of thiophene rings is 1. The minimum absolute atomic E-state index is 0.0762. The van der Waals surface area contributed by atoms with Gasteiger partial charge in [0, 0.05) is 27.2 Å². The Bertz CT molecular complexity index is 1140. The molecule has 4 rings (SSSR count). The quantitative estimate of drug-likeness (QED) is 0.516. The van der Waals surface area contributed by atoms with Crippen LogP contribution in [0.2, 0.25) is 5.02 Å². The van der Waals surface area contributed by atoms with E-state index >= 15 is 0 Å². The zero-order valence-corrected chi connectivity index (χ0v) is 19.1. The summed E-state index contributed by atoms with van der Waals surface area (Å²) >= 11 is 7.85. The van der Waals surface area contributed by atoms with Gasteiger partial charge in [-0.05, 0) is 30.0 Å². The molecule has 30 heavy (non-hydrogen) atoms. The number of benzene rings is 1. The van der Waals surface area contributed by atoms with Crippen LogP contribution in [-0.2, 0) is 14.9 Å². The summed E-state index contributed by atoms with van der Waals surface area (Å²) in [7, 11) is 1.38. The van der Waals surface area contributed by atoms with E-state index in [1.54, 1.807) is 11.3 Å². The molecule has 0 amide bonds. The zero-order valence-electron chi connectivity index (χ0n) is 17.6. The number of hydrogen-bond acceptors (Lipinski definition) is 6. The molecule has 6 nitrogen and oxygen atoms in total. The summed E-state index contributed by atoms with van der Waals surface area (Å²) in [5.41, 5.74) is 3.13. The molecule has 0 fully saturated rings. The second-order valence-corrected chi connectivity index (χ2v) is 9.73. The van der Waals surface area contributed by atoms with Crippen LogP contribution in [0.4, 0.5) is 0 Å². The third-order valence-corrected chi connectivity index (χ3v) is 6.93. The maximum absolute atomic E-state index is 12.0. The van der Waals surface area contributed by atoms with Gasteiger partial charge in [0.05, 0.1) is 13.5 Å². The lowest BCUT2D eigenvalue weighted by Crippen LogP contribution is -2.11. The second-order valence-electron chi connectivity index (χ2n) is 8.30. The number of nitrogens with zero attached hydrogens (tertiary/aromatic N) is 4. The normalized spacial score (nSPS) is 15.5. The lowest BCUT2D eigenvalue weighted by molar-refractivity contribution is -0.141. The maximum atomic E-state index is 12.0. The van der Waals surface area contributed by atoms with E-state index in [9.17, 15) is 4.79 Å². The summed E-state index contributed by atoms with van der Waals surface area (Å²) in [6.45, 7) is 8.53. The third kappa shape index (κ3) is 3.56. The zero-order chi connectivity index (χ0) is 21.6. The lowest BCUT2D eigenvalue weighted by atomic mass is 9.87. The Morgan fingerprint density at radius 2 is 1.93 bits per heavy atom. The van der Waals surface area contributed by atoms with Gasteiger partial charge in [-0.2, -0.15) is 0 Å². The van der Waals surface area contributed by atoms with E-state index in [0.717, 1.165) is 27.5 Å². The van der Waals surface area contributed by atoms with Gasteiger partial charge in [0.1, 0.15) is 16.9 Å². The summed E-state index contributed by atoms with van der Waals surface area (Å²) in [6.07, 6.45) is 1.98. The van der Waals surface area contributed by atoms with Crippen LogP contribution >= 0.6 is 22.9 Å². The van der Waals surface area contributed by atoms with E-state index in [1.807, 2.05) is 42.0 Å². The number of aryl methyl sites for hydroxylation is 1. The predicted molar refractivity (Wildman–Crippen MR) is 120 cm³/mol. The molecule has 1 atom stereocenters. The molecule has 2 aromatic heterocycles. The minimum atomic E-state index is -0.450. The first kappa shape index (κ1) is 20.8. The molecule has 0 bridgehead atoms. The standard InChI is InChI=1S/C22H23ClN4O2S/c1-12-25-26-20-16(10-17(28)29-5)24-11-15-18(13-6-8-14(23)9-7-13)19(22(2,3)4)30-21(15)27(12)20/h6-9,11,16H,10H2,1-5H3/t16-/m0/s1. The number of methoxy groups -OCH3 is 1. The van der Waals surface area contributed by atoms with Crippen LogP contribution in [-0.4, -0.2) is 34.1 Å². The molecular formula is C22H23ClN4O2S. The Morgan fingerprint density at radius 1 is 1.23 bits per heavy atom. The molecule has 0 saturated heterocycles. The number of aliphatic imine (C=N–C) groups is 1. The molecule has 0 radical (unpaired) electrons. The van der Waals surface area contributed by atoms with Crippen LogP contribution < -0.4 is 0 Å². The molecule has 0 unspecified atom stereocenters. The fraction of sp³-hybridized carbons (Fsp3) is 0.364. The molecule has 0 spiro atoms. The average Bonchev–Trinajstić information content (AvgIpc) is 3.21. The molecule has 1 aliphatic rings. The van der Waals surface area contributed by atoms with Gasteiger partial charge >= 0.3 is 5.97 Å². The Morgan fingerprint density at radius 3 is 2.57 bits per heavy atom. The second kappa shape index (κ2) is 7.63. The Labute approximate surface area is 184 Å². The summed E-state index contributed by atoms with van der Waals surface area (Å²) in [5, 5.41) is 10.3. The SMILES string of the molecule is COC(=O)C[C@@H]1N=Cc2c(sc(C(C)(C)C)c2-c2ccc(Cl)cc2)-n2c(C)nnc21. The van der Waals surface area contributed by atoms with Crippen LogP contribution in [0.25, 0.3) is 16.1 Å². The molecule has 0 N–H and O–H groups in total. The number of carbonyl (C=O) groups is 1. The summed E-state index contributed by atoms with van der Waals surface area (Å²) in [5.74, 6) is 1.08. The van der Waals surface area contributed by atoms with Gasteiger partial charge in [-0.15, -0.1) is 21.5 Å². The minimum Gasteiger partial charge on any atom is -0.469 e. The van der Waals surface area contributed by atoms with Gasteiger partial charge in [-0.3, -0.25) is 14.4 Å². The first-order valence-corrected chi connectivity index (χ1v) is 10.9. The highest BCUT2D eigenvalue weighted by Crippen LogP contribution is 2.46. The van der Waals surface area contributed by atoms with Crippen molar-refractivity contribution in [3.05, 3.63) is 51.4 Å². The van der Waals surface area contributed by atoms with Crippen LogP contribution in [0.3, 0.4) is 0 Å². The van der Waals surface area contributed by atoms with Crippen molar-refractivity contribution in [1.82, 2.24) is 14.8 Å². The van der Waals surface area contributed by atoms with E-state index in [-0.39, 0.29) is 17.8 Å². The predicted octanol–water partition coefficient (Wildman–Crippen LogP) is 5.29. The van der Waals surface area contributed by atoms with Gasteiger partial charge in [0.25, 0.3) is 0 Å². The summed E-state index contributed by atoms with van der Waals surface area (Å²) < 4.78 is 6.89. The maximum Gasteiger partial charge on any atom is 0.308 e. The fourth-order valence-electron chi connectivity index (χ4n) is 3.61. The Hall–Kier alpha value is -2.51. The molecule has 8 heteroatoms. The largest absolute Gasteiger partial charge is 0.469 e. The average molecular weight is 443 g/mol.